The molecule has 1 unspecified atom stereocenters. The highest BCUT2D eigenvalue weighted by Gasteiger charge is 2.27. The van der Waals surface area contributed by atoms with Crippen molar-refractivity contribution in [2.75, 3.05) is 13.1 Å². The number of likely N-dealkylation sites (tertiary alicyclic amines) is 1. The van der Waals surface area contributed by atoms with Crippen molar-refractivity contribution in [3.05, 3.63) is 24.2 Å². The molecule has 1 fully saturated rings. The number of furan rings is 1. The molecule has 1 aliphatic heterocycles. The van der Waals surface area contributed by atoms with Gasteiger partial charge in [-0.25, -0.2) is 4.79 Å². The summed E-state index contributed by atoms with van der Waals surface area (Å²) in [5, 5.41) is 11.7. The summed E-state index contributed by atoms with van der Waals surface area (Å²) in [6.07, 6.45) is 2.59. The zero-order valence-corrected chi connectivity index (χ0v) is 10.8. The van der Waals surface area contributed by atoms with Crippen LogP contribution in [0.3, 0.4) is 0 Å². The number of nitrogens with one attached hydrogen (secondary N) is 1. The zero-order chi connectivity index (χ0) is 13.8. The van der Waals surface area contributed by atoms with E-state index in [2.05, 4.69) is 5.32 Å². The van der Waals surface area contributed by atoms with E-state index in [9.17, 15) is 9.59 Å². The molecule has 0 aromatic carbocycles. The molecular formula is C13H18N2O4. The monoisotopic (exact) mass is 266 g/mol. The molecule has 0 saturated carbocycles. The second kappa shape index (κ2) is 5.77. The lowest BCUT2D eigenvalue weighted by Gasteiger charge is -2.30. The number of carboxylic acids is 1. The molecule has 1 saturated heterocycles. The Morgan fingerprint density at radius 2 is 2.16 bits per heavy atom. The highest BCUT2D eigenvalue weighted by Crippen LogP contribution is 2.18. The van der Waals surface area contributed by atoms with E-state index in [0.29, 0.717) is 31.7 Å². The molecule has 104 valence electrons. The van der Waals surface area contributed by atoms with Gasteiger partial charge in [-0.2, -0.15) is 0 Å². The smallest absolute Gasteiger partial charge is 0.317 e. The average Bonchev–Trinajstić information content (AvgIpc) is 2.92. The van der Waals surface area contributed by atoms with Gasteiger partial charge in [0.2, 0.25) is 0 Å². The first kappa shape index (κ1) is 13.5. The summed E-state index contributed by atoms with van der Waals surface area (Å²) in [6.45, 7) is 2.81. The van der Waals surface area contributed by atoms with E-state index in [1.807, 2.05) is 13.0 Å². The molecule has 1 aromatic heterocycles. The van der Waals surface area contributed by atoms with E-state index in [0.717, 1.165) is 0 Å². The van der Waals surface area contributed by atoms with Crippen LogP contribution in [-0.2, 0) is 4.79 Å². The van der Waals surface area contributed by atoms with Gasteiger partial charge in [0.25, 0.3) is 0 Å². The first-order valence-electron chi connectivity index (χ1n) is 6.39. The predicted octanol–water partition coefficient (Wildman–Crippen LogP) is 1.85. The number of hydrogen-bond acceptors (Lipinski definition) is 3. The number of carboxylic acid groups (broad SMARTS) is 1. The van der Waals surface area contributed by atoms with Crippen LogP contribution in [0.5, 0.6) is 0 Å². The Hall–Kier alpha value is -1.98. The van der Waals surface area contributed by atoms with Crippen LogP contribution in [0.2, 0.25) is 0 Å². The van der Waals surface area contributed by atoms with Gasteiger partial charge >= 0.3 is 12.0 Å². The van der Waals surface area contributed by atoms with Crippen molar-refractivity contribution < 1.29 is 19.1 Å². The molecule has 2 heterocycles. The van der Waals surface area contributed by atoms with Crippen LogP contribution in [0.15, 0.2) is 22.8 Å². The zero-order valence-electron chi connectivity index (χ0n) is 10.8. The Balaban J connectivity index is 1.83. The summed E-state index contributed by atoms with van der Waals surface area (Å²) >= 11 is 0. The second-order valence-electron chi connectivity index (χ2n) is 4.79. The summed E-state index contributed by atoms with van der Waals surface area (Å²) in [4.78, 5) is 24.5. The molecule has 1 aromatic rings. The van der Waals surface area contributed by atoms with Crippen molar-refractivity contribution in [3.8, 4) is 0 Å². The third-order valence-corrected chi connectivity index (χ3v) is 3.44. The van der Waals surface area contributed by atoms with Crippen LogP contribution in [-0.4, -0.2) is 35.1 Å². The number of carbonyl (C=O) groups excluding carboxylic acids is 1. The molecule has 1 atom stereocenters. The van der Waals surface area contributed by atoms with Crippen LogP contribution in [0.25, 0.3) is 0 Å². The highest BCUT2D eigenvalue weighted by atomic mass is 16.4. The topological polar surface area (TPSA) is 82.8 Å². The van der Waals surface area contributed by atoms with Crippen molar-refractivity contribution in [2.24, 2.45) is 5.92 Å². The Labute approximate surface area is 111 Å². The van der Waals surface area contributed by atoms with Gasteiger partial charge in [-0.3, -0.25) is 4.79 Å². The van der Waals surface area contributed by atoms with Crippen LogP contribution in [0.1, 0.15) is 31.6 Å². The van der Waals surface area contributed by atoms with E-state index in [1.165, 1.54) is 0 Å². The lowest BCUT2D eigenvalue weighted by atomic mass is 9.97. The maximum Gasteiger partial charge on any atom is 0.317 e. The van der Waals surface area contributed by atoms with Gasteiger partial charge in [0.1, 0.15) is 5.76 Å². The molecule has 1 aliphatic rings. The quantitative estimate of drug-likeness (QED) is 0.874. The normalized spacial score (nSPS) is 18.1. The van der Waals surface area contributed by atoms with E-state index in [-0.39, 0.29) is 18.0 Å². The first-order chi connectivity index (χ1) is 9.08. The van der Waals surface area contributed by atoms with Crippen LogP contribution < -0.4 is 5.32 Å². The van der Waals surface area contributed by atoms with Crippen LogP contribution in [0.4, 0.5) is 4.79 Å². The number of aliphatic carboxylic acids is 1. The largest absolute Gasteiger partial charge is 0.481 e. The van der Waals surface area contributed by atoms with E-state index < -0.39 is 5.97 Å². The Morgan fingerprint density at radius 1 is 1.47 bits per heavy atom. The van der Waals surface area contributed by atoms with Crippen LogP contribution in [0, 0.1) is 5.92 Å². The lowest BCUT2D eigenvalue weighted by Crippen LogP contribution is -2.46. The fraction of sp³-hybridized carbons (Fsp3) is 0.538. The van der Waals surface area contributed by atoms with Crippen molar-refractivity contribution in [3.63, 3.8) is 0 Å². The summed E-state index contributed by atoms with van der Waals surface area (Å²) in [7, 11) is 0. The third kappa shape index (κ3) is 3.27. The minimum Gasteiger partial charge on any atom is -0.481 e. The SMILES string of the molecule is CC(NC(=O)N1CCC(C(=O)O)CC1)c1ccco1. The second-order valence-corrected chi connectivity index (χ2v) is 4.79. The number of hydrogen-bond donors (Lipinski definition) is 2. The summed E-state index contributed by atoms with van der Waals surface area (Å²) in [5.41, 5.74) is 0. The average molecular weight is 266 g/mol. The Bertz CT molecular complexity index is 436. The molecule has 0 bridgehead atoms. The Kier molecular flexibility index (Phi) is 4.09. The van der Waals surface area contributed by atoms with Crippen molar-refractivity contribution in [2.45, 2.75) is 25.8 Å². The van der Waals surface area contributed by atoms with Gasteiger partial charge in [-0.15, -0.1) is 0 Å². The molecule has 2 amide bonds. The molecule has 0 spiro atoms. The van der Waals surface area contributed by atoms with E-state index in [1.54, 1.807) is 17.2 Å². The predicted molar refractivity (Wildman–Crippen MR) is 67.6 cm³/mol. The van der Waals surface area contributed by atoms with Gasteiger partial charge in [0.05, 0.1) is 18.2 Å². The number of amides is 2. The number of rotatable bonds is 3. The standard InChI is InChI=1S/C13H18N2O4/c1-9(11-3-2-8-19-11)14-13(18)15-6-4-10(5-7-15)12(16)17/h2-3,8-10H,4-7H2,1H3,(H,14,18)(H,16,17). The van der Waals surface area contributed by atoms with Crippen molar-refractivity contribution in [1.29, 1.82) is 0 Å². The van der Waals surface area contributed by atoms with Gasteiger partial charge < -0.3 is 19.7 Å². The van der Waals surface area contributed by atoms with Crippen LogP contribution >= 0.6 is 0 Å². The lowest BCUT2D eigenvalue weighted by molar-refractivity contribution is -0.143. The number of piperidine rings is 1. The number of carbonyl (C=O) groups is 2. The minimum atomic E-state index is -0.774. The van der Waals surface area contributed by atoms with Crippen molar-refractivity contribution >= 4 is 12.0 Å². The fourth-order valence-electron chi connectivity index (χ4n) is 2.21. The maximum atomic E-state index is 12.0. The van der Waals surface area contributed by atoms with E-state index >= 15 is 0 Å². The first-order valence-corrected chi connectivity index (χ1v) is 6.39. The third-order valence-electron chi connectivity index (χ3n) is 3.44. The number of urea groups is 1. The molecule has 0 aliphatic carbocycles. The molecule has 19 heavy (non-hydrogen) atoms. The molecule has 0 radical (unpaired) electrons. The van der Waals surface area contributed by atoms with Gasteiger partial charge in [0.15, 0.2) is 0 Å². The molecular weight excluding hydrogens is 248 g/mol. The summed E-state index contributed by atoms with van der Waals surface area (Å²) in [5.74, 6) is -0.399. The van der Waals surface area contributed by atoms with Gasteiger partial charge in [0, 0.05) is 13.1 Å². The molecule has 6 heteroatoms. The summed E-state index contributed by atoms with van der Waals surface area (Å²) in [6, 6.07) is 3.21. The minimum absolute atomic E-state index is 0.173. The van der Waals surface area contributed by atoms with E-state index in [4.69, 9.17) is 9.52 Å². The maximum absolute atomic E-state index is 12.0. The molecule has 2 N–H and O–H groups in total. The number of nitrogens with zero attached hydrogens (tertiary/aromatic N) is 1. The highest BCUT2D eigenvalue weighted by molar-refractivity contribution is 5.75. The Morgan fingerprint density at radius 3 is 2.68 bits per heavy atom. The van der Waals surface area contributed by atoms with Gasteiger partial charge in [-0.05, 0) is 31.9 Å². The van der Waals surface area contributed by atoms with Gasteiger partial charge in [-0.1, -0.05) is 0 Å². The summed E-state index contributed by atoms with van der Waals surface area (Å²) < 4.78 is 5.22. The molecule has 6 nitrogen and oxygen atoms in total. The fourth-order valence-corrected chi connectivity index (χ4v) is 2.21. The molecule has 2 rings (SSSR count). The van der Waals surface area contributed by atoms with Crippen molar-refractivity contribution in [1.82, 2.24) is 10.2 Å².